The van der Waals surface area contributed by atoms with Gasteiger partial charge in [-0.15, -0.1) is 0 Å². The standard InChI is InChI=1S/C16H13Cl2NO4/c1-8-3-4-9(16(21)22)7-13(8)19-15(20)10-5-11(17)14(23-2)12(18)6-10/h3-7H,1-2H3,(H,19,20)(H,21,22). The molecular weight excluding hydrogens is 341 g/mol. The van der Waals surface area contributed by atoms with E-state index >= 15 is 0 Å². The molecule has 0 bridgehead atoms. The largest absolute Gasteiger partial charge is 0.494 e. The number of carboxylic acids is 1. The van der Waals surface area contributed by atoms with E-state index in [1.165, 1.54) is 31.4 Å². The Morgan fingerprint density at radius 3 is 2.22 bits per heavy atom. The zero-order chi connectivity index (χ0) is 17.1. The van der Waals surface area contributed by atoms with Crippen LogP contribution < -0.4 is 10.1 Å². The van der Waals surface area contributed by atoms with Gasteiger partial charge in [0.15, 0.2) is 5.75 Å². The number of halogens is 2. The monoisotopic (exact) mass is 353 g/mol. The van der Waals surface area contributed by atoms with Crippen molar-refractivity contribution in [1.82, 2.24) is 0 Å². The molecule has 2 aromatic carbocycles. The van der Waals surface area contributed by atoms with Crippen LogP contribution in [-0.4, -0.2) is 24.1 Å². The first-order chi connectivity index (χ1) is 10.8. The van der Waals surface area contributed by atoms with Gasteiger partial charge in [-0.3, -0.25) is 4.79 Å². The first kappa shape index (κ1) is 17.1. The van der Waals surface area contributed by atoms with Crippen molar-refractivity contribution in [3.63, 3.8) is 0 Å². The molecule has 120 valence electrons. The lowest BCUT2D eigenvalue weighted by Crippen LogP contribution is -2.13. The van der Waals surface area contributed by atoms with E-state index in [-0.39, 0.29) is 26.9 Å². The molecule has 0 aromatic heterocycles. The minimum absolute atomic E-state index is 0.0803. The van der Waals surface area contributed by atoms with Crippen molar-refractivity contribution in [2.75, 3.05) is 12.4 Å². The van der Waals surface area contributed by atoms with Crippen LogP contribution in [0.5, 0.6) is 5.75 Å². The number of hydrogen-bond acceptors (Lipinski definition) is 3. The Bertz CT molecular complexity index is 767. The highest BCUT2D eigenvalue weighted by Crippen LogP contribution is 2.34. The lowest BCUT2D eigenvalue weighted by atomic mass is 10.1. The number of ether oxygens (including phenoxy) is 1. The Morgan fingerprint density at radius 2 is 1.70 bits per heavy atom. The molecule has 5 nitrogen and oxygen atoms in total. The number of carbonyl (C=O) groups is 2. The predicted octanol–water partition coefficient (Wildman–Crippen LogP) is 4.26. The third kappa shape index (κ3) is 3.75. The van der Waals surface area contributed by atoms with Crippen LogP contribution in [0.15, 0.2) is 30.3 Å². The summed E-state index contributed by atoms with van der Waals surface area (Å²) in [7, 11) is 1.42. The summed E-state index contributed by atoms with van der Waals surface area (Å²) in [6.07, 6.45) is 0. The number of hydrogen-bond donors (Lipinski definition) is 2. The first-order valence-electron chi connectivity index (χ1n) is 6.51. The highest BCUT2D eigenvalue weighted by molar-refractivity contribution is 6.37. The van der Waals surface area contributed by atoms with Gasteiger partial charge in [0.25, 0.3) is 5.91 Å². The highest BCUT2D eigenvalue weighted by Gasteiger charge is 2.15. The van der Waals surface area contributed by atoms with E-state index in [4.69, 9.17) is 33.0 Å². The molecule has 7 heteroatoms. The van der Waals surface area contributed by atoms with Gasteiger partial charge in [-0.1, -0.05) is 29.3 Å². The number of amides is 1. The summed E-state index contributed by atoms with van der Waals surface area (Å²) < 4.78 is 5.03. The van der Waals surface area contributed by atoms with Gasteiger partial charge in [0.2, 0.25) is 0 Å². The molecule has 0 saturated carbocycles. The summed E-state index contributed by atoms with van der Waals surface area (Å²) in [6.45, 7) is 1.76. The smallest absolute Gasteiger partial charge is 0.335 e. The highest BCUT2D eigenvalue weighted by atomic mass is 35.5. The molecule has 0 saturated heterocycles. The van der Waals surface area contributed by atoms with Gasteiger partial charge in [0, 0.05) is 11.3 Å². The zero-order valence-electron chi connectivity index (χ0n) is 12.3. The fraction of sp³-hybridized carbons (Fsp3) is 0.125. The summed E-state index contributed by atoms with van der Waals surface area (Å²) in [6, 6.07) is 7.33. The number of carboxylic acid groups (broad SMARTS) is 1. The van der Waals surface area contributed by atoms with Crippen LogP contribution in [-0.2, 0) is 0 Å². The van der Waals surface area contributed by atoms with Crippen LogP contribution in [0.25, 0.3) is 0 Å². The molecule has 0 fully saturated rings. The molecule has 0 aliphatic heterocycles. The van der Waals surface area contributed by atoms with Crippen molar-refractivity contribution in [3.05, 3.63) is 57.1 Å². The van der Waals surface area contributed by atoms with Crippen molar-refractivity contribution in [1.29, 1.82) is 0 Å². The Hall–Kier alpha value is -2.24. The number of methoxy groups -OCH3 is 1. The van der Waals surface area contributed by atoms with Crippen LogP contribution in [0.3, 0.4) is 0 Å². The fourth-order valence-corrected chi connectivity index (χ4v) is 2.61. The summed E-state index contributed by atoms with van der Waals surface area (Å²) in [5.41, 5.74) is 1.45. The van der Waals surface area contributed by atoms with Gasteiger partial charge in [0.05, 0.1) is 22.7 Å². The van der Waals surface area contributed by atoms with Gasteiger partial charge in [-0.2, -0.15) is 0 Å². The molecule has 2 aromatic rings. The normalized spacial score (nSPS) is 10.3. The lowest BCUT2D eigenvalue weighted by molar-refractivity contribution is 0.0696. The second-order valence-electron chi connectivity index (χ2n) is 4.76. The number of nitrogens with one attached hydrogen (secondary N) is 1. The Balaban J connectivity index is 2.33. The molecule has 0 aliphatic carbocycles. The molecule has 0 unspecified atom stereocenters. The maximum atomic E-state index is 12.3. The van der Waals surface area contributed by atoms with E-state index in [0.29, 0.717) is 5.69 Å². The predicted molar refractivity (Wildman–Crippen MR) is 89.1 cm³/mol. The summed E-state index contributed by atoms with van der Waals surface area (Å²) in [4.78, 5) is 23.4. The van der Waals surface area contributed by atoms with Crippen molar-refractivity contribution < 1.29 is 19.4 Å². The van der Waals surface area contributed by atoms with Crippen molar-refractivity contribution in [3.8, 4) is 5.75 Å². The van der Waals surface area contributed by atoms with Gasteiger partial charge >= 0.3 is 5.97 Å². The lowest BCUT2D eigenvalue weighted by Gasteiger charge is -2.11. The van der Waals surface area contributed by atoms with E-state index in [0.717, 1.165) is 5.56 Å². The molecular formula is C16H13Cl2NO4. The number of rotatable bonds is 4. The van der Waals surface area contributed by atoms with E-state index in [9.17, 15) is 9.59 Å². The van der Waals surface area contributed by atoms with Crippen LogP contribution in [0.4, 0.5) is 5.69 Å². The third-order valence-corrected chi connectivity index (χ3v) is 3.76. The zero-order valence-corrected chi connectivity index (χ0v) is 13.8. The van der Waals surface area contributed by atoms with E-state index in [1.54, 1.807) is 13.0 Å². The van der Waals surface area contributed by atoms with Crippen LogP contribution in [0.1, 0.15) is 26.3 Å². The Morgan fingerprint density at radius 1 is 1.09 bits per heavy atom. The molecule has 0 heterocycles. The van der Waals surface area contributed by atoms with E-state index in [1.807, 2.05) is 0 Å². The SMILES string of the molecule is COc1c(Cl)cc(C(=O)Nc2cc(C(=O)O)ccc2C)cc1Cl. The third-order valence-electron chi connectivity index (χ3n) is 3.20. The van der Waals surface area contributed by atoms with Crippen LogP contribution >= 0.6 is 23.2 Å². The summed E-state index contributed by atoms with van der Waals surface area (Å²) in [5, 5.41) is 12.1. The van der Waals surface area contributed by atoms with Crippen molar-refractivity contribution >= 4 is 40.8 Å². The fourth-order valence-electron chi connectivity index (χ4n) is 1.97. The maximum absolute atomic E-state index is 12.3. The molecule has 1 amide bonds. The van der Waals surface area contributed by atoms with Gasteiger partial charge in [-0.05, 0) is 36.8 Å². The quantitative estimate of drug-likeness (QED) is 0.860. The Labute approximate surface area is 142 Å². The minimum Gasteiger partial charge on any atom is -0.494 e. The van der Waals surface area contributed by atoms with Crippen molar-refractivity contribution in [2.24, 2.45) is 0 Å². The van der Waals surface area contributed by atoms with Crippen molar-refractivity contribution in [2.45, 2.75) is 6.92 Å². The summed E-state index contributed by atoms with van der Waals surface area (Å²) in [5.74, 6) is -1.24. The molecule has 0 aliphatic rings. The van der Waals surface area contributed by atoms with E-state index in [2.05, 4.69) is 5.32 Å². The number of benzene rings is 2. The average Bonchev–Trinajstić information content (AvgIpc) is 2.48. The van der Waals surface area contributed by atoms with E-state index < -0.39 is 11.9 Å². The van der Waals surface area contributed by atoms with Crippen LogP contribution in [0.2, 0.25) is 10.0 Å². The molecule has 2 N–H and O–H groups in total. The number of aromatic carboxylic acids is 1. The number of carbonyl (C=O) groups excluding carboxylic acids is 1. The number of aryl methyl sites for hydroxylation is 1. The molecule has 2 rings (SSSR count). The maximum Gasteiger partial charge on any atom is 0.335 e. The van der Waals surface area contributed by atoms with Crippen LogP contribution in [0, 0.1) is 6.92 Å². The number of anilines is 1. The molecule has 23 heavy (non-hydrogen) atoms. The first-order valence-corrected chi connectivity index (χ1v) is 7.27. The second kappa shape index (κ2) is 6.89. The molecule has 0 atom stereocenters. The van der Waals surface area contributed by atoms with Gasteiger partial charge in [0.1, 0.15) is 0 Å². The minimum atomic E-state index is -1.07. The average molecular weight is 354 g/mol. The summed E-state index contributed by atoms with van der Waals surface area (Å²) >= 11 is 12.0. The second-order valence-corrected chi connectivity index (χ2v) is 5.58. The topological polar surface area (TPSA) is 75.6 Å². The van der Waals surface area contributed by atoms with Gasteiger partial charge in [-0.25, -0.2) is 4.79 Å². The molecule has 0 spiro atoms. The Kier molecular flexibility index (Phi) is 5.13. The molecule has 0 radical (unpaired) electrons. The van der Waals surface area contributed by atoms with Gasteiger partial charge < -0.3 is 15.2 Å².